The van der Waals surface area contributed by atoms with Crippen LogP contribution in [-0.4, -0.2) is 22.0 Å². The number of imide groups is 1. The number of rotatable bonds is 5. The van der Waals surface area contributed by atoms with Crippen LogP contribution in [-0.2, 0) is 16.2 Å². The summed E-state index contributed by atoms with van der Waals surface area (Å²) in [5, 5.41) is 2.18. The molecule has 2 saturated carbocycles. The number of nitrogens with one attached hydrogen (secondary N) is 1. The van der Waals surface area contributed by atoms with Crippen molar-refractivity contribution in [2.45, 2.75) is 29.2 Å². The number of hydrogen-bond donors (Lipinski definition) is 1. The van der Waals surface area contributed by atoms with Gasteiger partial charge in [-0.2, -0.15) is 0 Å². The fraction of sp³-hybridized carbons (Fsp3) is 0.281. The lowest BCUT2D eigenvalue weighted by Gasteiger charge is -2.43. The highest BCUT2D eigenvalue weighted by atomic mass is 35.5. The van der Waals surface area contributed by atoms with E-state index in [0.29, 0.717) is 22.3 Å². The van der Waals surface area contributed by atoms with E-state index in [1.54, 1.807) is 36.0 Å². The first-order chi connectivity index (χ1) is 20.4. The minimum absolute atomic E-state index is 0.0163. The Hall–Kier alpha value is -3.04. The van der Waals surface area contributed by atoms with Crippen molar-refractivity contribution in [3.05, 3.63) is 109 Å². The Balaban J connectivity index is 1.18. The largest absolute Gasteiger partial charge is 0.489 e. The maximum absolute atomic E-state index is 14.0. The lowest BCUT2D eigenvalue weighted by atomic mass is 9.68. The van der Waals surface area contributed by atoms with Crippen LogP contribution in [0.25, 0.3) is 0 Å². The topological polar surface area (TPSA) is 79.5 Å². The van der Waals surface area contributed by atoms with Crippen LogP contribution in [0.4, 0.5) is 5.69 Å². The molecule has 2 bridgehead atoms. The first kappa shape index (κ1) is 26.6. The highest BCUT2D eigenvalue weighted by Gasteiger charge is 2.69. The van der Waals surface area contributed by atoms with Crippen LogP contribution in [0.5, 0.6) is 5.75 Å². The number of halogens is 2. The monoisotopic (exact) mass is 634 g/mol. The number of anilines is 1. The number of aromatic amines is 1. The lowest BCUT2D eigenvalue weighted by molar-refractivity contribution is -0.123. The maximum atomic E-state index is 14.0. The molecule has 42 heavy (non-hydrogen) atoms. The number of benzene rings is 3. The summed E-state index contributed by atoms with van der Waals surface area (Å²) in [6, 6.07) is 22.5. The van der Waals surface area contributed by atoms with Gasteiger partial charge < -0.3 is 9.72 Å². The quantitative estimate of drug-likeness (QED) is 0.239. The average Bonchev–Trinajstić information content (AvgIpc) is 3.72. The fourth-order valence-electron chi connectivity index (χ4n) is 7.87. The standard InChI is InChI=1S/C32H24Cl2N2O4S2/c33-16-8-10-18(11-9-16)36-30(37)25-20-13-21(26(25)31(36)38)27-24(20)23(28-29(41-27)35-32(39)42-28)19-6-1-2-7-22(19)40-14-15-4-3-5-17(34)12-15/h1-12,20-21,23-27H,13-14H2,(H,35,39)/t20?,21?,23-,24?,25?,26?,27?/m1/s1. The van der Waals surface area contributed by atoms with E-state index in [4.69, 9.17) is 27.9 Å². The van der Waals surface area contributed by atoms with E-state index in [9.17, 15) is 14.4 Å². The van der Waals surface area contributed by atoms with Gasteiger partial charge >= 0.3 is 4.87 Å². The second-order valence-corrected chi connectivity index (χ2v) is 14.5. The van der Waals surface area contributed by atoms with Crippen LogP contribution in [0.2, 0.25) is 10.0 Å². The molecule has 10 heteroatoms. The third-order valence-electron chi connectivity index (χ3n) is 9.35. The van der Waals surface area contributed by atoms with Crippen molar-refractivity contribution in [3.8, 4) is 5.75 Å². The van der Waals surface area contributed by atoms with Gasteiger partial charge in [0.1, 0.15) is 12.4 Å². The molecule has 6 unspecified atom stereocenters. The molecule has 2 aliphatic heterocycles. The highest BCUT2D eigenvalue weighted by Crippen LogP contribution is 2.69. The van der Waals surface area contributed by atoms with Gasteiger partial charge in [0.05, 0.1) is 22.5 Å². The number of carbonyl (C=O) groups is 2. The summed E-state index contributed by atoms with van der Waals surface area (Å²) in [7, 11) is 0. The predicted octanol–water partition coefficient (Wildman–Crippen LogP) is 7.00. The van der Waals surface area contributed by atoms with Crippen LogP contribution in [0, 0.1) is 29.6 Å². The normalized spacial score (nSPS) is 29.0. The number of H-pyrrole nitrogens is 1. The molecule has 3 fully saturated rings. The molecule has 212 valence electrons. The molecule has 4 aromatic rings. The predicted molar refractivity (Wildman–Crippen MR) is 165 cm³/mol. The van der Waals surface area contributed by atoms with E-state index >= 15 is 0 Å². The van der Waals surface area contributed by atoms with Gasteiger partial charge in [-0.25, -0.2) is 0 Å². The number of hydrogen-bond acceptors (Lipinski definition) is 6. The SMILES string of the molecule is O=C1C2C3CC(C2C(=O)N1c1ccc(Cl)cc1)C1C3Sc2[nH]c(=O)sc2[C@@H]1c1ccccc1OCc1cccc(Cl)c1. The Labute approximate surface area is 260 Å². The van der Waals surface area contributed by atoms with E-state index in [2.05, 4.69) is 11.1 Å². The van der Waals surface area contributed by atoms with Crippen LogP contribution in [0.3, 0.4) is 0 Å². The van der Waals surface area contributed by atoms with Crippen molar-refractivity contribution in [1.82, 2.24) is 4.98 Å². The summed E-state index contributed by atoms with van der Waals surface area (Å²) in [5.41, 5.74) is 2.53. The summed E-state index contributed by atoms with van der Waals surface area (Å²) in [5.74, 6) is -0.216. The summed E-state index contributed by atoms with van der Waals surface area (Å²) < 4.78 is 6.40. The van der Waals surface area contributed by atoms with Crippen molar-refractivity contribution in [2.24, 2.45) is 29.6 Å². The third kappa shape index (κ3) is 4.03. The van der Waals surface area contributed by atoms with E-state index in [1.807, 2.05) is 42.5 Å². The molecule has 0 spiro atoms. The zero-order chi connectivity index (χ0) is 28.7. The zero-order valence-corrected chi connectivity index (χ0v) is 25.2. The first-order valence-corrected chi connectivity index (χ1v) is 16.3. The molecule has 7 atom stereocenters. The Morgan fingerprint density at radius 3 is 2.43 bits per heavy atom. The fourth-order valence-corrected chi connectivity index (χ4v) is 11.1. The molecule has 0 radical (unpaired) electrons. The van der Waals surface area contributed by atoms with Gasteiger partial charge in [-0.05, 0) is 72.2 Å². The number of aromatic nitrogens is 1. The summed E-state index contributed by atoms with van der Waals surface area (Å²) >= 11 is 15.2. The molecule has 3 heterocycles. The number of thioether (sulfide) groups is 1. The van der Waals surface area contributed by atoms with E-state index in [1.165, 1.54) is 16.2 Å². The van der Waals surface area contributed by atoms with Crippen molar-refractivity contribution < 1.29 is 14.3 Å². The van der Waals surface area contributed by atoms with Crippen LogP contribution >= 0.6 is 46.3 Å². The van der Waals surface area contributed by atoms with Crippen LogP contribution in [0.1, 0.15) is 28.3 Å². The Morgan fingerprint density at radius 2 is 1.64 bits per heavy atom. The smallest absolute Gasteiger partial charge is 0.305 e. The number of carbonyl (C=O) groups excluding carboxylic acids is 2. The number of para-hydroxylation sites is 1. The van der Waals surface area contributed by atoms with Crippen LogP contribution in [0.15, 0.2) is 82.6 Å². The van der Waals surface area contributed by atoms with Gasteiger partial charge in [0.15, 0.2) is 0 Å². The summed E-state index contributed by atoms with van der Waals surface area (Å²) in [6.07, 6.45) is 0.824. The summed E-state index contributed by atoms with van der Waals surface area (Å²) in [4.78, 5) is 45.8. The van der Waals surface area contributed by atoms with Crippen molar-refractivity contribution >= 4 is 63.8 Å². The zero-order valence-electron chi connectivity index (χ0n) is 22.0. The molecular weight excluding hydrogens is 611 g/mol. The maximum Gasteiger partial charge on any atom is 0.305 e. The lowest BCUT2D eigenvalue weighted by Crippen LogP contribution is -2.42. The minimum Gasteiger partial charge on any atom is -0.489 e. The van der Waals surface area contributed by atoms with E-state index in [0.717, 1.165) is 33.2 Å². The van der Waals surface area contributed by atoms with Crippen molar-refractivity contribution in [3.63, 3.8) is 0 Å². The number of nitrogens with zero attached hydrogens (tertiary/aromatic N) is 1. The summed E-state index contributed by atoms with van der Waals surface area (Å²) in [6.45, 7) is 0.350. The number of amides is 2. The molecule has 2 amide bonds. The van der Waals surface area contributed by atoms with Gasteiger partial charge in [-0.3, -0.25) is 19.3 Å². The molecule has 6 nitrogen and oxygen atoms in total. The molecule has 1 aromatic heterocycles. The number of ether oxygens (including phenoxy) is 1. The van der Waals surface area contributed by atoms with Gasteiger partial charge in [0.25, 0.3) is 0 Å². The van der Waals surface area contributed by atoms with Gasteiger partial charge in [-0.1, -0.05) is 64.9 Å². The Bertz CT molecular complexity index is 1800. The molecular formula is C32H24Cl2N2O4S2. The molecule has 2 aliphatic carbocycles. The number of thiazole rings is 1. The first-order valence-electron chi connectivity index (χ1n) is 13.9. The second-order valence-electron chi connectivity index (χ2n) is 11.4. The van der Waals surface area contributed by atoms with Crippen molar-refractivity contribution in [1.29, 1.82) is 0 Å². The van der Waals surface area contributed by atoms with Gasteiger partial charge in [0, 0.05) is 31.7 Å². The molecule has 1 N–H and O–H groups in total. The Kier molecular flexibility index (Phi) is 6.34. The Morgan fingerprint density at radius 1 is 0.881 bits per heavy atom. The molecule has 1 saturated heterocycles. The third-order valence-corrected chi connectivity index (χ3v) is 12.4. The van der Waals surface area contributed by atoms with Gasteiger partial charge in [-0.15, -0.1) is 11.8 Å². The average molecular weight is 636 g/mol. The van der Waals surface area contributed by atoms with E-state index < -0.39 is 0 Å². The van der Waals surface area contributed by atoms with Crippen molar-refractivity contribution in [2.75, 3.05) is 4.90 Å². The number of fused-ring (bicyclic) bond motifs is 9. The molecule has 4 aliphatic rings. The van der Waals surface area contributed by atoms with Crippen LogP contribution < -0.4 is 14.5 Å². The van der Waals surface area contributed by atoms with E-state index in [-0.39, 0.29) is 57.4 Å². The molecule has 3 aromatic carbocycles. The highest BCUT2D eigenvalue weighted by molar-refractivity contribution is 8.00. The second kappa shape index (κ2) is 10.0. The molecule has 8 rings (SSSR count). The minimum atomic E-state index is -0.376. The van der Waals surface area contributed by atoms with Gasteiger partial charge in [0.2, 0.25) is 11.8 Å².